The van der Waals surface area contributed by atoms with E-state index in [1.807, 2.05) is 19.9 Å². The van der Waals surface area contributed by atoms with E-state index in [1.165, 1.54) is 27.1 Å². The number of anilines is 1. The van der Waals surface area contributed by atoms with Gasteiger partial charge in [-0.2, -0.15) is 0 Å². The van der Waals surface area contributed by atoms with Gasteiger partial charge in [-0.25, -0.2) is 4.98 Å². The zero-order chi connectivity index (χ0) is 21.7. The standard InChI is InChI=1S/C20H24N4O4S2/c1-3-28-10-4-8-23-19(27)15(30-20(23)29)11-14-17(21-7-9-25)22-16-6-5-13(2)12-24(16)18(14)26/h5-6,11-12,21,25H,3-4,7-10H2,1-2H3/b15-11+. The predicted octanol–water partition coefficient (Wildman–Crippen LogP) is 2.03. The Hall–Kier alpha value is -2.27. The molecule has 0 unspecified atom stereocenters. The number of thiocarbonyl (C=S) groups is 1. The summed E-state index contributed by atoms with van der Waals surface area (Å²) in [6.07, 6.45) is 3.92. The van der Waals surface area contributed by atoms with E-state index >= 15 is 0 Å². The van der Waals surface area contributed by atoms with Crippen LogP contribution in [-0.4, -0.2) is 62.5 Å². The first-order chi connectivity index (χ1) is 14.5. The molecule has 0 bridgehead atoms. The molecule has 1 fully saturated rings. The molecule has 10 heteroatoms. The number of nitrogens with one attached hydrogen (secondary N) is 1. The lowest BCUT2D eigenvalue weighted by Crippen LogP contribution is -2.29. The van der Waals surface area contributed by atoms with Crippen molar-refractivity contribution in [1.29, 1.82) is 0 Å². The number of aryl methyl sites for hydroxylation is 1. The minimum Gasteiger partial charge on any atom is -0.395 e. The summed E-state index contributed by atoms with van der Waals surface area (Å²) in [7, 11) is 0. The van der Waals surface area contributed by atoms with Crippen molar-refractivity contribution in [3.8, 4) is 0 Å². The number of nitrogens with zero attached hydrogens (tertiary/aromatic N) is 3. The van der Waals surface area contributed by atoms with Gasteiger partial charge < -0.3 is 15.2 Å². The van der Waals surface area contributed by atoms with Gasteiger partial charge in [-0.05, 0) is 38.0 Å². The summed E-state index contributed by atoms with van der Waals surface area (Å²) in [5.41, 5.74) is 1.34. The highest BCUT2D eigenvalue weighted by Gasteiger charge is 2.32. The number of carbonyl (C=O) groups is 1. The number of aliphatic hydroxyl groups excluding tert-OH is 1. The fraction of sp³-hybridized carbons (Fsp3) is 0.400. The number of ether oxygens (including phenoxy) is 1. The highest BCUT2D eigenvalue weighted by atomic mass is 32.2. The molecule has 1 amide bonds. The molecule has 3 heterocycles. The lowest BCUT2D eigenvalue weighted by Gasteiger charge is -2.14. The van der Waals surface area contributed by atoms with E-state index in [-0.39, 0.29) is 30.2 Å². The Balaban J connectivity index is 1.97. The van der Waals surface area contributed by atoms with Crippen LogP contribution in [0.4, 0.5) is 5.82 Å². The summed E-state index contributed by atoms with van der Waals surface area (Å²) in [4.78, 5) is 32.4. The number of pyridine rings is 1. The average molecular weight is 449 g/mol. The Labute approximate surface area is 183 Å². The van der Waals surface area contributed by atoms with Crippen LogP contribution in [0.5, 0.6) is 0 Å². The van der Waals surface area contributed by atoms with E-state index in [4.69, 9.17) is 17.0 Å². The Morgan fingerprint density at radius 3 is 2.90 bits per heavy atom. The summed E-state index contributed by atoms with van der Waals surface area (Å²) in [5.74, 6) is 0.0860. The van der Waals surface area contributed by atoms with E-state index in [1.54, 1.807) is 12.3 Å². The molecule has 0 spiro atoms. The first-order valence-electron chi connectivity index (χ1n) is 9.67. The van der Waals surface area contributed by atoms with Gasteiger partial charge in [-0.1, -0.05) is 30.0 Å². The van der Waals surface area contributed by atoms with Gasteiger partial charge in [0, 0.05) is 32.5 Å². The van der Waals surface area contributed by atoms with Crippen LogP contribution in [0.3, 0.4) is 0 Å². The number of hydrogen-bond acceptors (Lipinski definition) is 8. The van der Waals surface area contributed by atoms with Crippen molar-refractivity contribution in [3.05, 3.63) is 44.7 Å². The van der Waals surface area contributed by atoms with Crippen molar-refractivity contribution in [1.82, 2.24) is 14.3 Å². The van der Waals surface area contributed by atoms with E-state index in [9.17, 15) is 14.7 Å². The van der Waals surface area contributed by atoms with Crippen LogP contribution in [-0.2, 0) is 9.53 Å². The maximum atomic E-state index is 13.2. The number of hydrogen-bond donors (Lipinski definition) is 2. The third-order valence-corrected chi connectivity index (χ3v) is 5.81. The minimum atomic E-state index is -0.300. The molecule has 1 saturated heterocycles. The monoisotopic (exact) mass is 448 g/mol. The van der Waals surface area contributed by atoms with Crippen LogP contribution in [0.25, 0.3) is 11.7 Å². The summed E-state index contributed by atoms with van der Waals surface area (Å²) in [5, 5.41) is 12.1. The fourth-order valence-electron chi connectivity index (χ4n) is 2.99. The Morgan fingerprint density at radius 1 is 1.37 bits per heavy atom. The van der Waals surface area contributed by atoms with E-state index in [0.29, 0.717) is 46.9 Å². The number of carbonyl (C=O) groups excluding carboxylic acids is 1. The van der Waals surface area contributed by atoms with Crippen molar-refractivity contribution in [2.45, 2.75) is 20.3 Å². The van der Waals surface area contributed by atoms with Gasteiger partial charge in [0.1, 0.15) is 15.8 Å². The lowest BCUT2D eigenvalue weighted by molar-refractivity contribution is -0.122. The molecular formula is C20H24N4O4S2. The second-order valence-corrected chi connectivity index (χ2v) is 8.32. The number of aromatic nitrogens is 2. The van der Waals surface area contributed by atoms with Gasteiger partial charge in [-0.3, -0.25) is 18.9 Å². The third-order valence-electron chi connectivity index (χ3n) is 4.43. The third kappa shape index (κ3) is 4.89. The van der Waals surface area contributed by atoms with Crippen molar-refractivity contribution in [2.75, 3.05) is 38.2 Å². The minimum absolute atomic E-state index is 0.115. The topological polar surface area (TPSA) is 96.2 Å². The highest BCUT2D eigenvalue weighted by molar-refractivity contribution is 8.26. The molecule has 1 aliphatic heterocycles. The van der Waals surface area contributed by atoms with Gasteiger partial charge in [0.2, 0.25) is 0 Å². The molecule has 3 rings (SSSR count). The summed E-state index contributed by atoms with van der Waals surface area (Å²) >= 11 is 6.52. The maximum absolute atomic E-state index is 13.2. The molecule has 1 aliphatic rings. The van der Waals surface area contributed by atoms with Gasteiger partial charge in [0.15, 0.2) is 0 Å². The highest BCUT2D eigenvalue weighted by Crippen LogP contribution is 2.33. The molecule has 0 aromatic carbocycles. The fourth-order valence-corrected chi connectivity index (χ4v) is 4.28. The quantitative estimate of drug-likeness (QED) is 0.342. The van der Waals surface area contributed by atoms with Gasteiger partial charge >= 0.3 is 0 Å². The molecule has 2 aromatic heterocycles. The van der Waals surface area contributed by atoms with Crippen LogP contribution in [0.15, 0.2) is 28.0 Å². The SMILES string of the molecule is CCOCCCN1C(=O)/C(=C\c2c(NCCO)nc3ccc(C)cn3c2=O)SC1=S. The van der Waals surface area contributed by atoms with Crippen LogP contribution in [0.1, 0.15) is 24.5 Å². The molecular weight excluding hydrogens is 424 g/mol. The largest absolute Gasteiger partial charge is 0.395 e. The molecule has 0 atom stereocenters. The van der Waals surface area contributed by atoms with Crippen LogP contribution >= 0.6 is 24.0 Å². The molecule has 2 aromatic rings. The molecule has 160 valence electrons. The first-order valence-corrected chi connectivity index (χ1v) is 10.9. The number of thioether (sulfide) groups is 1. The second kappa shape index (κ2) is 10.2. The molecule has 8 nitrogen and oxygen atoms in total. The van der Waals surface area contributed by atoms with Gasteiger partial charge in [0.25, 0.3) is 11.5 Å². The van der Waals surface area contributed by atoms with Crippen molar-refractivity contribution >= 4 is 51.7 Å². The molecule has 0 aliphatic carbocycles. The van der Waals surface area contributed by atoms with Gasteiger partial charge in [-0.15, -0.1) is 0 Å². The lowest BCUT2D eigenvalue weighted by atomic mass is 10.2. The Bertz CT molecular complexity index is 1050. The normalized spacial score (nSPS) is 15.6. The maximum Gasteiger partial charge on any atom is 0.267 e. The molecule has 2 N–H and O–H groups in total. The van der Waals surface area contributed by atoms with E-state index < -0.39 is 0 Å². The summed E-state index contributed by atoms with van der Waals surface area (Å²) in [6, 6.07) is 3.62. The zero-order valence-corrected chi connectivity index (χ0v) is 18.5. The Kier molecular flexibility index (Phi) is 7.59. The zero-order valence-electron chi connectivity index (χ0n) is 16.9. The van der Waals surface area contributed by atoms with Crippen LogP contribution in [0, 0.1) is 6.92 Å². The van der Waals surface area contributed by atoms with Crippen molar-refractivity contribution in [2.24, 2.45) is 0 Å². The number of rotatable bonds is 9. The van der Waals surface area contributed by atoms with Crippen molar-refractivity contribution in [3.63, 3.8) is 0 Å². The van der Waals surface area contributed by atoms with Gasteiger partial charge in [0.05, 0.1) is 17.1 Å². The van der Waals surface area contributed by atoms with Crippen LogP contribution in [0.2, 0.25) is 0 Å². The summed E-state index contributed by atoms with van der Waals surface area (Å²) < 4.78 is 7.23. The predicted molar refractivity (Wildman–Crippen MR) is 123 cm³/mol. The molecule has 0 radical (unpaired) electrons. The van der Waals surface area contributed by atoms with Crippen molar-refractivity contribution < 1.29 is 14.6 Å². The number of amides is 1. The Morgan fingerprint density at radius 2 is 2.17 bits per heavy atom. The van der Waals surface area contributed by atoms with E-state index in [0.717, 1.165) is 5.56 Å². The average Bonchev–Trinajstić information content (AvgIpc) is 2.99. The number of fused-ring (bicyclic) bond motifs is 1. The molecule has 0 saturated carbocycles. The van der Waals surface area contributed by atoms with E-state index in [2.05, 4.69) is 10.3 Å². The smallest absolute Gasteiger partial charge is 0.267 e. The number of aliphatic hydroxyl groups is 1. The first kappa shape index (κ1) is 22.4. The van der Waals surface area contributed by atoms with Crippen LogP contribution < -0.4 is 10.9 Å². The summed E-state index contributed by atoms with van der Waals surface area (Å²) in [6.45, 7) is 5.56. The molecule has 30 heavy (non-hydrogen) atoms. The second-order valence-electron chi connectivity index (χ2n) is 6.65.